The number of amides is 2. The Balaban J connectivity index is 3.05. The van der Waals surface area contributed by atoms with Crippen LogP contribution in [-0.2, 0) is 4.79 Å². The molecule has 0 fully saturated rings. The third-order valence-corrected chi connectivity index (χ3v) is 2.40. The first-order valence-corrected chi connectivity index (χ1v) is 5.40. The highest BCUT2D eigenvalue weighted by Crippen LogP contribution is 2.20. The number of nitrogens with zero attached hydrogens (tertiary/aromatic N) is 1. The van der Waals surface area contributed by atoms with Crippen LogP contribution < -0.4 is 5.73 Å². The molecule has 0 atom stereocenters. The van der Waals surface area contributed by atoms with Crippen LogP contribution in [0.1, 0.15) is 24.2 Å². The van der Waals surface area contributed by atoms with Crippen molar-refractivity contribution in [2.24, 2.45) is 5.73 Å². The summed E-state index contributed by atoms with van der Waals surface area (Å²) >= 11 is 0. The average Bonchev–Trinajstić information content (AvgIpc) is 2.24. The van der Waals surface area contributed by atoms with Gasteiger partial charge < -0.3 is 15.7 Å². The van der Waals surface area contributed by atoms with Gasteiger partial charge in [0.2, 0.25) is 5.91 Å². The van der Waals surface area contributed by atoms with Gasteiger partial charge in [0.05, 0.1) is 12.1 Å². The zero-order chi connectivity index (χ0) is 13.9. The molecular formula is C12H15FN2O3. The maximum Gasteiger partial charge on any atom is 0.258 e. The summed E-state index contributed by atoms with van der Waals surface area (Å²) in [5.74, 6) is -2.33. The Morgan fingerprint density at radius 3 is 2.50 bits per heavy atom. The van der Waals surface area contributed by atoms with E-state index in [2.05, 4.69) is 0 Å². The number of carbonyl (C=O) groups excluding carboxylic acids is 2. The highest BCUT2D eigenvalue weighted by atomic mass is 19.1. The molecule has 0 aliphatic heterocycles. The van der Waals surface area contributed by atoms with Crippen LogP contribution >= 0.6 is 0 Å². The molecule has 0 aliphatic rings. The van der Waals surface area contributed by atoms with Crippen molar-refractivity contribution >= 4 is 11.8 Å². The fourth-order valence-corrected chi connectivity index (χ4v) is 1.50. The van der Waals surface area contributed by atoms with E-state index in [1.165, 1.54) is 11.0 Å². The number of phenolic OH excluding ortho intramolecular Hbond substituents is 1. The summed E-state index contributed by atoms with van der Waals surface area (Å²) in [4.78, 5) is 24.2. The topological polar surface area (TPSA) is 83.6 Å². The quantitative estimate of drug-likeness (QED) is 0.836. The molecule has 18 heavy (non-hydrogen) atoms. The minimum absolute atomic E-state index is 0.0636. The monoisotopic (exact) mass is 254 g/mol. The minimum atomic E-state index is -0.654. The first kappa shape index (κ1) is 14.0. The fraction of sp³-hybridized carbons (Fsp3) is 0.333. The molecule has 1 aromatic rings. The standard InChI is InChI=1S/C12H15FN2O3/c1-7(2)15(6-11(14)17)12(18)9-4-3-8(13)5-10(9)16/h3-5,7,16H,6H2,1-2H3,(H2,14,17). The Morgan fingerprint density at radius 1 is 1.44 bits per heavy atom. The van der Waals surface area contributed by atoms with E-state index >= 15 is 0 Å². The maximum atomic E-state index is 12.8. The first-order valence-electron chi connectivity index (χ1n) is 5.40. The lowest BCUT2D eigenvalue weighted by Gasteiger charge is -2.25. The van der Waals surface area contributed by atoms with Crippen LogP contribution in [0.2, 0.25) is 0 Å². The number of phenols is 1. The van der Waals surface area contributed by atoms with E-state index in [1.807, 2.05) is 0 Å². The average molecular weight is 254 g/mol. The lowest BCUT2D eigenvalue weighted by atomic mass is 10.1. The van der Waals surface area contributed by atoms with Gasteiger partial charge in [0.25, 0.3) is 5.91 Å². The second kappa shape index (κ2) is 5.48. The first-order chi connectivity index (χ1) is 8.32. The Labute approximate surface area is 104 Å². The third-order valence-electron chi connectivity index (χ3n) is 2.40. The SMILES string of the molecule is CC(C)N(CC(N)=O)C(=O)c1ccc(F)cc1O. The molecule has 0 unspecified atom stereocenters. The van der Waals surface area contributed by atoms with Crippen LogP contribution in [0.3, 0.4) is 0 Å². The summed E-state index contributed by atoms with van der Waals surface area (Å²) in [6.45, 7) is 3.16. The molecule has 0 spiro atoms. The summed E-state index contributed by atoms with van der Waals surface area (Å²) in [6.07, 6.45) is 0. The molecule has 1 rings (SSSR count). The highest BCUT2D eigenvalue weighted by molar-refractivity contribution is 5.98. The van der Waals surface area contributed by atoms with E-state index in [9.17, 15) is 19.1 Å². The van der Waals surface area contributed by atoms with Crippen molar-refractivity contribution in [3.63, 3.8) is 0 Å². The van der Waals surface area contributed by atoms with E-state index in [1.54, 1.807) is 13.8 Å². The van der Waals surface area contributed by atoms with Crippen LogP contribution in [0.15, 0.2) is 18.2 Å². The minimum Gasteiger partial charge on any atom is -0.507 e. The van der Waals surface area contributed by atoms with E-state index in [0.29, 0.717) is 0 Å². The van der Waals surface area contributed by atoms with Gasteiger partial charge in [0.1, 0.15) is 11.6 Å². The molecule has 2 amide bonds. The van der Waals surface area contributed by atoms with E-state index < -0.39 is 23.4 Å². The van der Waals surface area contributed by atoms with E-state index in [0.717, 1.165) is 12.1 Å². The summed E-state index contributed by atoms with van der Waals surface area (Å²) in [5, 5.41) is 9.52. The van der Waals surface area contributed by atoms with Gasteiger partial charge in [-0.25, -0.2) is 4.39 Å². The van der Waals surface area contributed by atoms with Gasteiger partial charge in [-0.05, 0) is 26.0 Å². The van der Waals surface area contributed by atoms with Crippen molar-refractivity contribution in [1.29, 1.82) is 0 Å². The van der Waals surface area contributed by atoms with Crippen molar-refractivity contribution in [3.8, 4) is 5.75 Å². The predicted octanol–water partition coefficient (Wildman–Crippen LogP) is 0.867. The normalized spacial score (nSPS) is 10.4. The molecule has 6 heteroatoms. The Morgan fingerprint density at radius 2 is 2.06 bits per heavy atom. The van der Waals surface area contributed by atoms with Gasteiger partial charge in [-0.2, -0.15) is 0 Å². The van der Waals surface area contributed by atoms with Crippen LogP contribution in [0.4, 0.5) is 4.39 Å². The molecule has 5 nitrogen and oxygen atoms in total. The van der Waals surface area contributed by atoms with E-state index in [-0.39, 0.29) is 18.2 Å². The number of carbonyl (C=O) groups is 2. The Kier molecular flexibility index (Phi) is 4.25. The van der Waals surface area contributed by atoms with Gasteiger partial charge in [0.15, 0.2) is 0 Å². The maximum absolute atomic E-state index is 12.8. The molecule has 3 N–H and O–H groups in total. The predicted molar refractivity (Wildman–Crippen MR) is 63.4 cm³/mol. The van der Waals surface area contributed by atoms with E-state index in [4.69, 9.17) is 5.73 Å². The number of primary amides is 1. The van der Waals surface area contributed by atoms with Gasteiger partial charge in [-0.1, -0.05) is 0 Å². The van der Waals surface area contributed by atoms with Crippen LogP contribution in [0.5, 0.6) is 5.75 Å². The molecule has 0 saturated carbocycles. The van der Waals surface area contributed by atoms with Gasteiger partial charge >= 0.3 is 0 Å². The van der Waals surface area contributed by atoms with Crippen molar-refractivity contribution in [3.05, 3.63) is 29.6 Å². The number of hydrogen-bond acceptors (Lipinski definition) is 3. The molecule has 0 radical (unpaired) electrons. The summed E-state index contributed by atoms with van der Waals surface area (Å²) in [6, 6.07) is 2.81. The number of hydrogen-bond donors (Lipinski definition) is 2. The van der Waals surface area contributed by atoms with Gasteiger partial charge in [-0.3, -0.25) is 9.59 Å². The number of benzene rings is 1. The van der Waals surface area contributed by atoms with Crippen molar-refractivity contribution in [2.75, 3.05) is 6.54 Å². The van der Waals surface area contributed by atoms with Crippen LogP contribution in [0.25, 0.3) is 0 Å². The Bertz CT molecular complexity index is 474. The van der Waals surface area contributed by atoms with Gasteiger partial charge in [-0.15, -0.1) is 0 Å². The Hall–Kier alpha value is -2.11. The summed E-state index contributed by atoms with van der Waals surface area (Å²) in [7, 11) is 0. The molecule has 1 aromatic carbocycles. The van der Waals surface area contributed by atoms with Crippen LogP contribution in [0, 0.1) is 5.82 Å². The molecule has 0 aliphatic carbocycles. The van der Waals surface area contributed by atoms with Crippen LogP contribution in [-0.4, -0.2) is 34.4 Å². The number of nitrogens with two attached hydrogens (primary N) is 1. The van der Waals surface area contributed by atoms with Crippen molar-refractivity contribution in [1.82, 2.24) is 4.90 Å². The molecule has 0 aromatic heterocycles. The smallest absolute Gasteiger partial charge is 0.258 e. The van der Waals surface area contributed by atoms with Crippen molar-refractivity contribution < 1.29 is 19.1 Å². The largest absolute Gasteiger partial charge is 0.507 e. The molecule has 0 bridgehead atoms. The fourth-order valence-electron chi connectivity index (χ4n) is 1.50. The van der Waals surface area contributed by atoms with Gasteiger partial charge in [0, 0.05) is 12.1 Å². The second-order valence-electron chi connectivity index (χ2n) is 4.15. The number of halogens is 1. The number of rotatable bonds is 4. The zero-order valence-electron chi connectivity index (χ0n) is 10.2. The lowest BCUT2D eigenvalue weighted by molar-refractivity contribution is -0.119. The zero-order valence-corrected chi connectivity index (χ0v) is 10.2. The summed E-state index contributed by atoms with van der Waals surface area (Å²) in [5.41, 5.74) is 4.99. The second-order valence-corrected chi connectivity index (χ2v) is 4.15. The third kappa shape index (κ3) is 3.19. The van der Waals surface area contributed by atoms with Crippen molar-refractivity contribution in [2.45, 2.75) is 19.9 Å². The number of aromatic hydroxyl groups is 1. The molecule has 0 saturated heterocycles. The lowest BCUT2D eigenvalue weighted by Crippen LogP contribution is -2.42. The summed E-state index contributed by atoms with van der Waals surface area (Å²) < 4.78 is 12.8. The highest BCUT2D eigenvalue weighted by Gasteiger charge is 2.23. The molecular weight excluding hydrogens is 239 g/mol. The molecule has 98 valence electrons. The molecule has 0 heterocycles.